The number of hydrogen-bond donors (Lipinski definition) is 2. The van der Waals surface area contributed by atoms with Gasteiger partial charge in [0.05, 0.1) is 11.4 Å². The number of hydrogen-bond acceptors (Lipinski definition) is 6. The summed E-state index contributed by atoms with van der Waals surface area (Å²) in [6, 6.07) is 6.30. The molecule has 0 atom stereocenters. The monoisotopic (exact) mass is 316 g/mol. The molecule has 6 nitrogen and oxygen atoms in total. The molecule has 1 aromatic carbocycles. The molecule has 1 aromatic rings. The topological polar surface area (TPSA) is 76.7 Å². The molecular weight excluding hydrogens is 296 g/mol. The van der Waals surface area contributed by atoms with E-state index in [1.54, 1.807) is 0 Å². The smallest absolute Gasteiger partial charge is 0.350 e. The van der Waals surface area contributed by atoms with Crippen LogP contribution in [0.3, 0.4) is 0 Å². The van der Waals surface area contributed by atoms with Crippen LogP contribution < -0.4 is 10.6 Å². The standard InChI is InChI=1S/C17H20N2O4/c1-10-5-4-6-13(14(10)19-11-7-8-11)18-9-12-15(20)22-17(2,3)23-16(12)21/h4-6,9,11,18-19H,7-8H2,1-3H3. The van der Waals surface area contributed by atoms with Crippen LogP contribution in [0.15, 0.2) is 30.0 Å². The van der Waals surface area contributed by atoms with Gasteiger partial charge in [0, 0.05) is 26.1 Å². The van der Waals surface area contributed by atoms with Gasteiger partial charge in [-0.25, -0.2) is 9.59 Å². The van der Waals surface area contributed by atoms with Gasteiger partial charge in [-0.3, -0.25) is 0 Å². The highest BCUT2D eigenvalue weighted by molar-refractivity contribution is 6.15. The molecule has 0 aromatic heterocycles. The highest BCUT2D eigenvalue weighted by atomic mass is 16.7. The molecule has 6 heteroatoms. The van der Waals surface area contributed by atoms with Crippen LogP contribution in [0.4, 0.5) is 11.4 Å². The Labute approximate surface area is 134 Å². The minimum Gasteiger partial charge on any atom is -0.419 e. The molecule has 2 fully saturated rings. The largest absolute Gasteiger partial charge is 0.419 e. The van der Waals surface area contributed by atoms with Crippen LogP contribution in [-0.4, -0.2) is 23.8 Å². The van der Waals surface area contributed by atoms with Crippen molar-refractivity contribution in [3.05, 3.63) is 35.5 Å². The van der Waals surface area contributed by atoms with Crippen LogP contribution >= 0.6 is 0 Å². The third kappa shape index (κ3) is 3.47. The Bertz CT molecular complexity index is 668. The molecule has 1 saturated carbocycles. The number of carbonyl (C=O) groups is 2. The van der Waals surface area contributed by atoms with Gasteiger partial charge in [-0.1, -0.05) is 12.1 Å². The van der Waals surface area contributed by atoms with Gasteiger partial charge in [-0.15, -0.1) is 0 Å². The summed E-state index contributed by atoms with van der Waals surface area (Å²) < 4.78 is 10.1. The lowest BCUT2D eigenvalue weighted by Crippen LogP contribution is -2.42. The third-order valence-electron chi connectivity index (χ3n) is 3.69. The average Bonchev–Trinajstić information content (AvgIpc) is 3.24. The number of benzene rings is 1. The lowest BCUT2D eigenvalue weighted by Gasteiger charge is -2.29. The van der Waals surface area contributed by atoms with Crippen molar-refractivity contribution in [2.45, 2.75) is 45.4 Å². The maximum Gasteiger partial charge on any atom is 0.350 e. The van der Waals surface area contributed by atoms with Gasteiger partial charge < -0.3 is 20.1 Å². The Kier molecular flexibility index (Phi) is 3.75. The number of ether oxygens (including phenoxy) is 2. The number of aryl methyl sites for hydroxylation is 1. The lowest BCUT2D eigenvalue weighted by molar-refractivity contribution is -0.222. The van der Waals surface area contributed by atoms with Crippen molar-refractivity contribution in [2.75, 3.05) is 10.6 Å². The second-order valence-corrected chi connectivity index (χ2v) is 6.30. The van der Waals surface area contributed by atoms with Gasteiger partial charge >= 0.3 is 11.9 Å². The first-order valence-electron chi connectivity index (χ1n) is 7.65. The predicted octanol–water partition coefficient (Wildman–Crippen LogP) is 2.70. The van der Waals surface area contributed by atoms with Gasteiger partial charge in [0.1, 0.15) is 0 Å². The number of nitrogens with one attached hydrogen (secondary N) is 2. The summed E-state index contributed by atoms with van der Waals surface area (Å²) >= 11 is 0. The van der Waals surface area contributed by atoms with Crippen LogP contribution in [0, 0.1) is 6.92 Å². The van der Waals surface area contributed by atoms with E-state index in [4.69, 9.17) is 9.47 Å². The van der Waals surface area contributed by atoms with Gasteiger partial charge in [0.15, 0.2) is 5.57 Å². The van der Waals surface area contributed by atoms with E-state index in [0.717, 1.165) is 29.8 Å². The van der Waals surface area contributed by atoms with Crippen molar-refractivity contribution in [3.8, 4) is 0 Å². The zero-order valence-electron chi connectivity index (χ0n) is 13.4. The highest BCUT2D eigenvalue weighted by Crippen LogP contribution is 2.32. The molecule has 23 heavy (non-hydrogen) atoms. The van der Waals surface area contributed by atoms with Crippen molar-refractivity contribution >= 4 is 23.3 Å². The number of esters is 2. The summed E-state index contributed by atoms with van der Waals surface area (Å²) in [6.45, 7) is 5.05. The molecular formula is C17H20N2O4. The van der Waals surface area contributed by atoms with E-state index in [1.165, 1.54) is 20.0 Å². The van der Waals surface area contributed by atoms with Gasteiger partial charge in [0.2, 0.25) is 0 Å². The molecule has 1 saturated heterocycles. The number of cyclic esters (lactones) is 2. The minimum absolute atomic E-state index is 0.150. The molecule has 1 heterocycles. The average molecular weight is 316 g/mol. The van der Waals surface area contributed by atoms with E-state index in [-0.39, 0.29) is 5.57 Å². The summed E-state index contributed by atoms with van der Waals surface area (Å²) in [5, 5.41) is 6.47. The van der Waals surface area contributed by atoms with E-state index in [9.17, 15) is 9.59 Å². The molecule has 0 spiro atoms. The number of rotatable bonds is 4. The summed E-state index contributed by atoms with van der Waals surface area (Å²) in [5.41, 5.74) is 2.72. The van der Waals surface area contributed by atoms with E-state index in [0.29, 0.717) is 6.04 Å². The predicted molar refractivity (Wildman–Crippen MR) is 85.8 cm³/mol. The third-order valence-corrected chi connectivity index (χ3v) is 3.69. The lowest BCUT2D eigenvalue weighted by atomic mass is 10.1. The Morgan fingerprint density at radius 3 is 2.43 bits per heavy atom. The minimum atomic E-state index is -1.23. The summed E-state index contributed by atoms with van der Waals surface area (Å²) in [7, 11) is 0. The van der Waals surface area contributed by atoms with Crippen LogP contribution in [0.5, 0.6) is 0 Å². The highest BCUT2D eigenvalue weighted by Gasteiger charge is 2.39. The molecule has 1 aliphatic carbocycles. The summed E-state index contributed by atoms with van der Waals surface area (Å²) in [6.07, 6.45) is 3.65. The van der Waals surface area contributed by atoms with Crippen LogP contribution in [-0.2, 0) is 19.1 Å². The molecule has 3 rings (SSSR count). The van der Waals surface area contributed by atoms with Crippen molar-refractivity contribution in [2.24, 2.45) is 0 Å². The molecule has 2 N–H and O–H groups in total. The Morgan fingerprint density at radius 2 is 1.83 bits per heavy atom. The zero-order valence-corrected chi connectivity index (χ0v) is 13.4. The van der Waals surface area contributed by atoms with Gasteiger partial charge in [0.25, 0.3) is 5.79 Å². The van der Waals surface area contributed by atoms with Crippen LogP contribution in [0.1, 0.15) is 32.3 Å². The van der Waals surface area contributed by atoms with Crippen molar-refractivity contribution in [1.82, 2.24) is 0 Å². The van der Waals surface area contributed by atoms with E-state index in [1.807, 2.05) is 25.1 Å². The molecule has 0 radical (unpaired) electrons. The molecule has 2 aliphatic rings. The first kappa shape index (κ1) is 15.4. The van der Waals surface area contributed by atoms with Gasteiger partial charge in [-0.05, 0) is 31.4 Å². The second-order valence-electron chi connectivity index (χ2n) is 6.30. The number of anilines is 2. The maximum atomic E-state index is 11.9. The zero-order chi connectivity index (χ0) is 16.6. The maximum absolute atomic E-state index is 11.9. The Hall–Kier alpha value is -2.50. The Balaban J connectivity index is 1.81. The van der Waals surface area contributed by atoms with E-state index < -0.39 is 17.7 Å². The molecule has 0 amide bonds. The van der Waals surface area contributed by atoms with Crippen molar-refractivity contribution in [1.29, 1.82) is 0 Å². The fourth-order valence-electron chi connectivity index (χ4n) is 2.34. The van der Waals surface area contributed by atoms with Crippen LogP contribution in [0.2, 0.25) is 0 Å². The van der Waals surface area contributed by atoms with Crippen molar-refractivity contribution < 1.29 is 19.1 Å². The molecule has 1 aliphatic heterocycles. The number of carbonyl (C=O) groups excluding carboxylic acids is 2. The first-order chi connectivity index (χ1) is 10.9. The fraction of sp³-hybridized carbons (Fsp3) is 0.412. The summed E-state index contributed by atoms with van der Waals surface area (Å²) in [4.78, 5) is 23.9. The van der Waals surface area contributed by atoms with Gasteiger partial charge in [-0.2, -0.15) is 0 Å². The second kappa shape index (κ2) is 5.61. The van der Waals surface area contributed by atoms with Crippen LogP contribution in [0.25, 0.3) is 0 Å². The quantitative estimate of drug-likeness (QED) is 0.505. The normalized spacial score (nSPS) is 19.7. The van der Waals surface area contributed by atoms with Crippen molar-refractivity contribution in [3.63, 3.8) is 0 Å². The van der Waals surface area contributed by atoms with E-state index >= 15 is 0 Å². The molecule has 0 unspecified atom stereocenters. The fourth-order valence-corrected chi connectivity index (χ4v) is 2.34. The SMILES string of the molecule is Cc1cccc(NC=C2C(=O)OC(C)(C)OC2=O)c1NC1CC1. The molecule has 122 valence electrons. The van der Waals surface area contributed by atoms with E-state index in [2.05, 4.69) is 10.6 Å². The summed E-state index contributed by atoms with van der Waals surface area (Å²) in [5.74, 6) is -2.61. The first-order valence-corrected chi connectivity index (χ1v) is 7.65. The Morgan fingerprint density at radius 1 is 1.17 bits per heavy atom. The number of para-hydroxylation sites is 1. The molecule has 0 bridgehead atoms.